The molecule has 14 heavy (non-hydrogen) atoms. The summed E-state index contributed by atoms with van der Waals surface area (Å²) >= 11 is 0. The Morgan fingerprint density at radius 1 is 1.50 bits per heavy atom. The third kappa shape index (κ3) is 1.42. The molecule has 0 radical (unpaired) electrons. The van der Waals surface area contributed by atoms with Crippen molar-refractivity contribution >= 4 is 6.08 Å². The Kier molecular flexibility index (Phi) is 2.10. The van der Waals surface area contributed by atoms with Gasteiger partial charge in [-0.25, -0.2) is 4.79 Å². The quantitative estimate of drug-likeness (QED) is 0.539. The smallest absolute Gasteiger partial charge is 0.235 e. The van der Waals surface area contributed by atoms with Gasteiger partial charge in [0.1, 0.15) is 5.75 Å². The van der Waals surface area contributed by atoms with Gasteiger partial charge in [0, 0.05) is 0 Å². The van der Waals surface area contributed by atoms with E-state index in [0.717, 1.165) is 24.2 Å². The van der Waals surface area contributed by atoms with Crippen molar-refractivity contribution in [3.8, 4) is 5.75 Å². The summed E-state index contributed by atoms with van der Waals surface area (Å²) < 4.78 is 5.12. The molecule has 3 nitrogen and oxygen atoms in total. The van der Waals surface area contributed by atoms with Gasteiger partial charge < -0.3 is 4.74 Å². The molecule has 72 valence electrons. The fourth-order valence-corrected chi connectivity index (χ4v) is 1.58. The van der Waals surface area contributed by atoms with Crippen LogP contribution in [-0.2, 0) is 10.3 Å². The van der Waals surface area contributed by atoms with Gasteiger partial charge in [-0.1, -0.05) is 12.1 Å². The largest absolute Gasteiger partial charge is 0.497 e. The minimum absolute atomic E-state index is 0.295. The molecule has 0 aromatic heterocycles. The van der Waals surface area contributed by atoms with Gasteiger partial charge in [0.05, 0.1) is 12.6 Å². The Balaban J connectivity index is 2.36. The van der Waals surface area contributed by atoms with E-state index in [-0.39, 0.29) is 5.54 Å². The van der Waals surface area contributed by atoms with Crippen LogP contribution in [0.3, 0.4) is 0 Å². The van der Waals surface area contributed by atoms with E-state index in [0.29, 0.717) is 0 Å². The predicted octanol–water partition coefficient (Wildman–Crippen LogP) is 2.02. The van der Waals surface area contributed by atoms with Crippen LogP contribution in [0.1, 0.15) is 18.4 Å². The van der Waals surface area contributed by atoms with Gasteiger partial charge in [0.25, 0.3) is 0 Å². The molecule has 3 heteroatoms. The van der Waals surface area contributed by atoms with E-state index < -0.39 is 0 Å². The van der Waals surface area contributed by atoms with Crippen molar-refractivity contribution < 1.29 is 9.53 Å². The van der Waals surface area contributed by atoms with E-state index in [2.05, 4.69) is 4.99 Å². The van der Waals surface area contributed by atoms with Crippen molar-refractivity contribution in [3.05, 3.63) is 29.8 Å². The van der Waals surface area contributed by atoms with Gasteiger partial charge >= 0.3 is 0 Å². The minimum atomic E-state index is -0.295. The molecule has 0 aliphatic heterocycles. The van der Waals surface area contributed by atoms with Crippen LogP contribution in [0.2, 0.25) is 0 Å². The molecule has 0 spiro atoms. The van der Waals surface area contributed by atoms with Gasteiger partial charge in [-0.2, -0.15) is 4.99 Å². The first kappa shape index (κ1) is 8.97. The average Bonchev–Trinajstić information content (AvgIpc) is 3.00. The lowest BCUT2D eigenvalue weighted by molar-refractivity contribution is 0.413. The van der Waals surface area contributed by atoms with Crippen LogP contribution < -0.4 is 4.74 Å². The van der Waals surface area contributed by atoms with Crippen LogP contribution in [0.5, 0.6) is 5.75 Å². The maximum absolute atomic E-state index is 10.3. The number of rotatable bonds is 3. The van der Waals surface area contributed by atoms with Gasteiger partial charge in [-0.3, -0.25) is 0 Å². The lowest BCUT2D eigenvalue weighted by Gasteiger charge is -2.09. The number of hydrogen-bond acceptors (Lipinski definition) is 3. The second-order valence-electron chi connectivity index (χ2n) is 3.47. The Morgan fingerprint density at radius 3 is 2.86 bits per heavy atom. The van der Waals surface area contributed by atoms with Gasteiger partial charge in [0.15, 0.2) is 0 Å². The zero-order valence-corrected chi connectivity index (χ0v) is 7.99. The summed E-state index contributed by atoms with van der Waals surface area (Å²) in [6.45, 7) is 0. The maximum Gasteiger partial charge on any atom is 0.235 e. The summed E-state index contributed by atoms with van der Waals surface area (Å²) in [6.07, 6.45) is 3.49. The molecule has 0 atom stereocenters. The van der Waals surface area contributed by atoms with E-state index in [4.69, 9.17) is 4.74 Å². The summed E-state index contributed by atoms with van der Waals surface area (Å²) in [5.74, 6) is 0.801. The molecule has 1 aromatic rings. The molecule has 0 amide bonds. The molecule has 0 saturated heterocycles. The minimum Gasteiger partial charge on any atom is -0.497 e. The lowest BCUT2D eigenvalue weighted by Crippen LogP contribution is -2.02. The molecule has 0 unspecified atom stereocenters. The number of aliphatic imine (C=N–C) groups is 1. The van der Waals surface area contributed by atoms with Crippen LogP contribution in [0.15, 0.2) is 29.3 Å². The molecule has 0 heterocycles. The first-order valence-electron chi connectivity index (χ1n) is 4.54. The Labute approximate surface area is 82.4 Å². The summed E-state index contributed by atoms with van der Waals surface area (Å²) in [4.78, 5) is 14.1. The van der Waals surface area contributed by atoms with Crippen LogP contribution in [0.25, 0.3) is 0 Å². The Hall–Kier alpha value is -1.60. The molecule has 1 aliphatic carbocycles. The maximum atomic E-state index is 10.3. The van der Waals surface area contributed by atoms with E-state index in [1.165, 1.54) is 0 Å². The van der Waals surface area contributed by atoms with Crippen molar-refractivity contribution in [1.29, 1.82) is 0 Å². The molecular weight excluding hydrogens is 178 g/mol. The third-order valence-electron chi connectivity index (χ3n) is 2.59. The summed E-state index contributed by atoms with van der Waals surface area (Å²) in [5, 5.41) is 0. The molecule has 0 N–H and O–H groups in total. The van der Waals surface area contributed by atoms with Gasteiger partial charge in [0.2, 0.25) is 6.08 Å². The van der Waals surface area contributed by atoms with Gasteiger partial charge in [-0.05, 0) is 30.5 Å². The first-order chi connectivity index (χ1) is 6.80. The molecule has 1 aromatic carbocycles. The Morgan fingerprint density at radius 2 is 2.29 bits per heavy atom. The topological polar surface area (TPSA) is 38.7 Å². The predicted molar refractivity (Wildman–Crippen MR) is 52.0 cm³/mol. The van der Waals surface area contributed by atoms with E-state index >= 15 is 0 Å². The molecule has 1 fully saturated rings. The molecule has 1 aliphatic rings. The van der Waals surface area contributed by atoms with Crippen molar-refractivity contribution in [1.82, 2.24) is 0 Å². The van der Waals surface area contributed by atoms with Crippen LogP contribution in [0, 0.1) is 0 Å². The Bertz CT molecular complexity index is 390. The van der Waals surface area contributed by atoms with Crippen LogP contribution in [0.4, 0.5) is 0 Å². The van der Waals surface area contributed by atoms with Crippen molar-refractivity contribution in [2.75, 3.05) is 7.11 Å². The number of ether oxygens (including phenoxy) is 1. The number of carbonyl (C=O) groups excluding carboxylic acids is 1. The van der Waals surface area contributed by atoms with E-state index in [1.54, 1.807) is 13.2 Å². The first-order valence-corrected chi connectivity index (χ1v) is 4.54. The molecule has 0 bridgehead atoms. The zero-order chi connectivity index (χ0) is 10.0. The highest BCUT2D eigenvalue weighted by atomic mass is 16.5. The van der Waals surface area contributed by atoms with E-state index in [9.17, 15) is 4.79 Å². The molecular formula is C11H11NO2. The number of isocyanates is 1. The second-order valence-corrected chi connectivity index (χ2v) is 3.47. The van der Waals surface area contributed by atoms with Crippen LogP contribution in [-0.4, -0.2) is 13.2 Å². The normalized spacial score (nSPS) is 16.9. The highest BCUT2D eigenvalue weighted by molar-refractivity contribution is 5.43. The van der Waals surface area contributed by atoms with Crippen LogP contribution >= 0.6 is 0 Å². The SMILES string of the molecule is COc1cccc(C2(N=C=O)CC2)c1. The van der Waals surface area contributed by atoms with Crippen molar-refractivity contribution in [2.24, 2.45) is 4.99 Å². The number of methoxy groups -OCH3 is 1. The number of benzene rings is 1. The summed E-state index contributed by atoms with van der Waals surface area (Å²) in [6, 6.07) is 7.68. The number of hydrogen-bond donors (Lipinski definition) is 0. The highest BCUT2D eigenvalue weighted by Crippen LogP contribution is 2.49. The third-order valence-corrected chi connectivity index (χ3v) is 2.59. The number of nitrogens with zero attached hydrogens (tertiary/aromatic N) is 1. The fourth-order valence-electron chi connectivity index (χ4n) is 1.58. The molecule has 1 saturated carbocycles. The highest BCUT2D eigenvalue weighted by Gasteiger charge is 2.44. The summed E-state index contributed by atoms with van der Waals surface area (Å²) in [7, 11) is 1.63. The fraction of sp³-hybridized carbons (Fsp3) is 0.364. The zero-order valence-electron chi connectivity index (χ0n) is 7.99. The monoisotopic (exact) mass is 189 g/mol. The van der Waals surface area contributed by atoms with Gasteiger partial charge in [-0.15, -0.1) is 0 Å². The van der Waals surface area contributed by atoms with Crippen molar-refractivity contribution in [3.63, 3.8) is 0 Å². The van der Waals surface area contributed by atoms with E-state index in [1.807, 2.05) is 24.3 Å². The second kappa shape index (κ2) is 3.28. The standard InChI is InChI=1S/C11H11NO2/c1-14-10-4-2-3-9(7-10)11(5-6-11)12-8-13/h2-4,7H,5-6H2,1H3. The lowest BCUT2D eigenvalue weighted by atomic mass is 10.1. The van der Waals surface area contributed by atoms with Crippen molar-refractivity contribution in [2.45, 2.75) is 18.4 Å². The average molecular weight is 189 g/mol. The summed E-state index contributed by atoms with van der Waals surface area (Å²) in [5.41, 5.74) is 0.747. The molecule has 2 rings (SSSR count).